The van der Waals surface area contributed by atoms with Crippen LogP contribution in [0.3, 0.4) is 0 Å². The van der Waals surface area contributed by atoms with Gasteiger partial charge in [-0.15, -0.1) is 0 Å². The van der Waals surface area contributed by atoms with Crippen molar-refractivity contribution in [2.45, 2.75) is 6.92 Å². The Morgan fingerprint density at radius 3 is 2.38 bits per heavy atom. The third-order valence-electron chi connectivity index (χ3n) is 6.31. The van der Waals surface area contributed by atoms with Gasteiger partial charge in [0.1, 0.15) is 5.69 Å². The molecule has 2 heterocycles. The number of benzene rings is 3. The molecule has 0 saturated carbocycles. The standard InChI is InChI=1S/C29H22ClN3O5S2/c1-17-25(27(35)33(31(17)2)21-7-5-4-6-8-21)32-26(34)24(40-29(32)39)16-18-9-14-22(23(15-18)37-3)38-28(36)19-10-12-20(30)13-11-19/h4-16H,1-3H3/b24-16-. The van der Waals surface area contributed by atoms with Gasteiger partial charge in [0, 0.05) is 12.1 Å². The van der Waals surface area contributed by atoms with Gasteiger partial charge in [0.05, 0.1) is 29.0 Å². The molecule has 5 rings (SSSR count). The molecular weight excluding hydrogens is 570 g/mol. The predicted molar refractivity (Wildman–Crippen MR) is 161 cm³/mol. The van der Waals surface area contributed by atoms with Gasteiger partial charge in [0.2, 0.25) is 0 Å². The van der Waals surface area contributed by atoms with Crippen molar-refractivity contribution < 1.29 is 19.1 Å². The molecule has 0 radical (unpaired) electrons. The van der Waals surface area contributed by atoms with E-state index in [-0.39, 0.29) is 21.3 Å². The average molecular weight is 592 g/mol. The van der Waals surface area contributed by atoms with Gasteiger partial charge < -0.3 is 9.47 Å². The molecule has 1 aromatic heterocycles. The largest absolute Gasteiger partial charge is 0.493 e. The number of carbonyl (C=O) groups is 2. The molecule has 4 aromatic rings. The summed E-state index contributed by atoms with van der Waals surface area (Å²) in [6.45, 7) is 1.77. The number of para-hydroxylation sites is 1. The third-order valence-corrected chi connectivity index (χ3v) is 7.86. The number of thioether (sulfide) groups is 1. The number of ether oxygens (including phenoxy) is 2. The van der Waals surface area contributed by atoms with E-state index in [2.05, 4.69) is 0 Å². The number of anilines is 1. The fourth-order valence-corrected chi connectivity index (χ4v) is 5.62. The molecular formula is C29H22ClN3O5S2. The molecule has 1 aliphatic heterocycles. The van der Waals surface area contributed by atoms with E-state index in [1.54, 1.807) is 67.2 Å². The summed E-state index contributed by atoms with van der Waals surface area (Å²) in [6.07, 6.45) is 1.65. The molecule has 11 heteroatoms. The number of aromatic nitrogens is 2. The van der Waals surface area contributed by atoms with Crippen LogP contribution in [0.1, 0.15) is 21.6 Å². The lowest BCUT2D eigenvalue weighted by atomic mass is 10.1. The first-order chi connectivity index (χ1) is 19.2. The van der Waals surface area contributed by atoms with Gasteiger partial charge in [-0.3, -0.25) is 19.2 Å². The van der Waals surface area contributed by atoms with Gasteiger partial charge in [-0.25, -0.2) is 9.48 Å². The Morgan fingerprint density at radius 2 is 1.70 bits per heavy atom. The maximum atomic E-state index is 13.5. The highest BCUT2D eigenvalue weighted by Crippen LogP contribution is 2.37. The van der Waals surface area contributed by atoms with Crippen LogP contribution >= 0.6 is 35.6 Å². The molecule has 1 saturated heterocycles. The SMILES string of the molecule is COc1cc(/C=C2\SC(=S)N(c3c(C)n(C)n(-c4ccccc4)c3=O)C2=O)ccc1OC(=O)c1ccc(Cl)cc1. The van der Waals surface area contributed by atoms with Crippen LogP contribution in [0.25, 0.3) is 11.8 Å². The maximum Gasteiger partial charge on any atom is 0.343 e. The van der Waals surface area contributed by atoms with Crippen molar-refractivity contribution in [2.24, 2.45) is 7.05 Å². The third kappa shape index (κ3) is 5.08. The number of hydrogen-bond donors (Lipinski definition) is 0. The van der Waals surface area contributed by atoms with E-state index in [4.69, 9.17) is 33.3 Å². The smallest absolute Gasteiger partial charge is 0.343 e. The summed E-state index contributed by atoms with van der Waals surface area (Å²) in [5.41, 5.74) is 2.09. The van der Waals surface area contributed by atoms with Gasteiger partial charge >= 0.3 is 5.97 Å². The zero-order chi connectivity index (χ0) is 28.6. The van der Waals surface area contributed by atoms with Crippen molar-refractivity contribution in [3.05, 3.63) is 110 Å². The quantitative estimate of drug-likeness (QED) is 0.122. The molecule has 3 aromatic carbocycles. The number of methoxy groups -OCH3 is 1. The molecule has 0 atom stereocenters. The summed E-state index contributed by atoms with van der Waals surface area (Å²) in [6, 6.07) is 20.4. The number of esters is 1. The van der Waals surface area contributed by atoms with Gasteiger partial charge in [0.25, 0.3) is 11.5 Å². The first-order valence-corrected chi connectivity index (χ1v) is 13.6. The molecule has 8 nitrogen and oxygen atoms in total. The first-order valence-electron chi connectivity index (χ1n) is 12.0. The molecule has 1 amide bonds. The topological polar surface area (TPSA) is 82.8 Å². The van der Waals surface area contributed by atoms with Gasteiger partial charge in [0.15, 0.2) is 15.8 Å². The van der Waals surface area contributed by atoms with Crippen LogP contribution in [0.5, 0.6) is 11.5 Å². The first kappa shape index (κ1) is 27.4. The van der Waals surface area contributed by atoms with Crippen LogP contribution in [0, 0.1) is 6.92 Å². The van der Waals surface area contributed by atoms with Crippen LogP contribution in [0.2, 0.25) is 5.02 Å². The van der Waals surface area contributed by atoms with Crippen LogP contribution in [0.4, 0.5) is 5.69 Å². The summed E-state index contributed by atoms with van der Waals surface area (Å²) in [4.78, 5) is 41.2. The highest BCUT2D eigenvalue weighted by atomic mass is 35.5. The minimum absolute atomic E-state index is 0.208. The fraction of sp³-hybridized carbons (Fsp3) is 0.103. The number of hydrogen-bond acceptors (Lipinski definition) is 7. The Morgan fingerprint density at radius 1 is 1.00 bits per heavy atom. The van der Waals surface area contributed by atoms with E-state index < -0.39 is 11.9 Å². The van der Waals surface area contributed by atoms with Crippen LogP contribution in [-0.4, -0.2) is 32.7 Å². The average Bonchev–Trinajstić information content (AvgIpc) is 3.34. The molecule has 202 valence electrons. The molecule has 0 N–H and O–H groups in total. The lowest BCUT2D eigenvalue weighted by Gasteiger charge is -2.12. The summed E-state index contributed by atoms with van der Waals surface area (Å²) in [7, 11) is 3.21. The van der Waals surface area contributed by atoms with Crippen molar-refractivity contribution in [2.75, 3.05) is 12.0 Å². The Bertz CT molecular complexity index is 1740. The summed E-state index contributed by atoms with van der Waals surface area (Å²) < 4.78 is 14.4. The van der Waals surface area contributed by atoms with Crippen molar-refractivity contribution in [3.8, 4) is 17.2 Å². The Hall–Kier alpha value is -4.12. The fourth-order valence-electron chi connectivity index (χ4n) is 4.23. The number of amides is 1. The second-order valence-corrected chi connectivity index (χ2v) is 10.8. The molecule has 0 unspecified atom stereocenters. The van der Waals surface area contributed by atoms with E-state index in [0.717, 1.165) is 11.8 Å². The van der Waals surface area contributed by atoms with Crippen LogP contribution in [0.15, 0.2) is 82.5 Å². The molecule has 0 aliphatic carbocycles. The Labute approximate surface area is 244 Å². The predicted octanol–water partition coefficient (Wildman–Crippen LogP) is 5.77. The number of thiocarbonyl (C=S) groups is 1. The number of rotatable bonds is 6. The van der Waals surface area contributed by atoms with E-state index >= 15 is 0 Å². The lowest BCUT2D eigenvalue weighted by Crippen LogP contribution is -2.33. The Balaban J connectivity index is 1.43. The van der Waals surface area contributed by atoms with Crippen LogP contribution < -0.4 is 19.9 Å². The van der Waals surface area contributed by atoms with Crippen molar-refractivity contribution in [1.82, 2.24) is 9.36 Å². The molecule has 0 bridgehead atoms. The van der Waals surface area contributed by atoms with Crippen molar-refractivity contribution in [1.29, 1.82) is 0 Å². The second-order valence-electron chi connectivity index (χ2n) is 8.73. The summed E-state index contributed by atoms with van der Waals surface area (Å²) >= 11 is 12.5. The molecule has 40 heavy (non-hydrogen) atoms. The highest BCUT2D eigenvalue weighted by molar-refractivity contribution is 8.27. The normalized spacial score (nSPS) is 14.2. The van der Waals surface area contributed by atoms with Crippen molar-refractivity contribution >= 4 is 63.5 Å². The van der Waals surface area contributed by atoms with Crippen molar-refractivity contribution in [3.63, 3.8) is 0 Å². The monoisotopic (exact) mass is 591 g/mol. The number of halogens is 1. The maximum absolute atomic E-state index is 13.5. The highest BCUT2D eigenvalue weighted by Gasteiger charge is 2.37. The lowest BCUT2D eigenvalue weighted by molar-refractivity contribution is -0.113. The van der Waals surface area contributed by atoms with E-state index in [0.29, 0.717) is 38.2 Å². The minimum Gasteiger partial charge on any atom is -0.493 e. The molecule has 1 fully saturated rings. The van der Waals surface area contributed by atoms with Gasteiger partial charge in [-0.05, 0) is 67.1 Å². The van der Waals surface area contributed by atoms with Gasteiger partial charge in [-0.2, -0.15) is 0 Å². The van der Waals surface area contributed by atoms with Crippen LogP contribution in [-0.2, 0) is 11.8 Å². The zero-order valence-corrected chi connectivity index (χ0v) is 24.0. The minimum atomic E-state index is -0.567. The van der Waals surface area contributed by atoms with Gasteiger partial charge in [-0.1, -0.05) is 59.8 Å². The summed E-state index contributed by atoms with van der Waals surface area (Å²) in [5.74, 6) is -0.453. The van der Waals surface area contributed by atoms with E-state index in [1.807, 2.05) is 30.3 Å². The second kappa shape index (κ2) is 11.2. The van der Waals surface area contributed by atoms with E-state index in [1.165, 1.54) is 16.7 Å². The number of carbonyl (C=O) groups excluding carboxylic acids is 2. The summed E-state index contributed by atoms with van der Waals surface area (Å²) in [5, 5.41) is 0.508. The zero-order valence-electron chi connectivity index (χ0n) is 21.6. The Kier molecular flexibility index (Phi) is 7.66. The molecule has 0 spiro atoms. The van der Waals surface area contributed by atoms with E-state index in [9.17, 15) is 14.4 Å². The number of nitrogens with zero attached hydrogens (tertiary/aromatic N) is 3. The molecule has 1 aliphatic rings.